The van der Waals surface area contributed by atoms with Crippen LogP contribution in [0.25, 0.3) is 0 Å². The molecule has 0 saturated carbocycles. The second-order valence-electron chi connectivity index (χ2n) is 6.06. The summed E-state index contributed by atoms with van der Waals surface area (Å²) in [5.74, 6) is -1.33. The average molecular weight is 418 g/mol. The number of rotatable bonds is 7. The maximum atomic E-state index is 12.2. The standard InChI is InChI=1S/C19H18N2O5S2/c1-11(22)20-9-12-6-7-16(27-12)14(23)10-26-18(24)8-17-19(25)21-13-4-2-3-5-15(13)28-17/h2-7,17H,8-10H2,1H3,(H,20,22)(H,21,25)/t17-/m0/s1. The lowest BCUT2D eigenvalue weighted by molar-refractivity contribution is -0.143. The van der Waals surface area contributed by atoms with Crippen LogP contribution in [0.1, 0.15) is 27.9 Å². The first kappa shape index (κ1) is 20.1. The topological polar surface area (TPSA) is 102 Å². The summed E-state index contributed by atoms with van der Waals surface area (Å²) in [5, 5.41) is 4.83. The van der Waals surface area contributed by atoms with Gasteiger partial charge in [0.25, 0.3) is 0 Å². The van der Waals surface area contributed by atoms with Gasteiger partial charge in [0.1, 0.15) is 0 Å². The minimum atomic E-state index is -0.601. The van der Waals surface area contributed by atoms with E-state index >= 15 is 0 Å². The Morgan fingerprint density at radius 1 is 1.18 bits per heavy atom. The molecular weight excluding hydrogens is 400 g/mol. The summed E-state index contributed by atoms with van der Waals surface area (Å²) >= 11 is 2.54. The van der Waals surface area contributed by atoms with Crippen LogP contribution in [0.3, 0.4) is 0 Å². The number of hydrogen-bond acceptors (Lipinski definition) is 7. The Morgan fingerprint density at radius 2 is 1.96 bits per heavy atom. The Balaban J connectivity index is 1.48. The highest BCUT2D eigenvalue weighted by Gasteiger charge is 2.29. The number of anilines is 1. The molecule has 0 fully saturated rings. The second kappa shape index (κ2) is 9.03. The zero-order chi connectivity index (χ0) is 20.1. The Labute approximate surface area is 169 Å². The van der Waals surface area contributed by atoms with Crippen molar-refractivity contribution < 1.29 is 23.9 Å². The third-order valence-electron chi connectivity index (χ3n) is 3.87. The van der Waals surface area contributed by atoms with Gasteiger partial charge in [0.2, 0.25) is 17.6 Å². The van der Waals surface area contributed by atoms with E-state index in [1.165, 1.54) is 30.0 Å². The van der Waals surface area contributed by atoms with Gasteiger partial charge in [0.15, 0.2) is 6.61 Å². The van der Waals surface area contributed by atoms with Crippen LogP contribution < -0.4 is 10.6 Å². The third-order valence-corrected chi connectivity index (χ3v) is 6.27. The number of esters is 1. The molecule has 28 heavy (non-hydrogen) atoms. The number of benzene rings is 1. The van der Waals surface area contributed by atoms with E-state index in [1.54, 1.807) is 18.2 Å². The molecule has 1 atom stereocenters. The summed E-state index contributed by atoms with van der Waals surface area (Å²) in [6.45, 7) is 1.39. The number of carbonyl (C=O) groups is 4. The molecule has 0 bridgehead atoms. The second-order valence-corrected chi connectivity index (χ2v) is 8.47. The van der Waals surface area contributed by atoms with Gasteiger partial charge in [-0.25, -0.2) is 0 Å². The fourth-order valence-corrected chi connectivity index (χ4v) is 4.46. The van der Waals surface area contributed by atoms with Crippen molar-refractivity contribution in [1.29, 1.82) is 0 Å². The highest BCUT2D eigenvalue weighted by molar-refractivity contribution is 8.01. The Hall–Kier alpha value is -2.65. The fourth-order valence-electron chi connectivity index (χ4n) is 2.49. The maximum Gasteiger partial charge on any atom is 0.307 e. The summed E-state index contributed by atoms with van der Waals surface area (Å²) in [5.41, 5.74) is 0.727. The van der Waals surface area contributed by atoms with Gasteiger partial charge < -0.3 is 15.4 Å². The van der Waals surface area contributed by atoms with Crippen molar-refractivity contribution in [2.24, 2.45) is 0 Å². The largest absolute Gasteiger partial charge is 0.457 e. The quantitative estimate of drug-likeness (QED) is 0.529. The molecular formula is C19H18N2O5S2. The first-order valence-electron chi connectivity index (χ1n) is 8.51. The molecule has 1 aromatic heterocycles. The Bertz CT molecular complexity index is 925. The molecule has 2 N–H and O–H groups in total. The molecule has 146 valence electrons. The van der Waals surface area contributed by atoms with Gasteiger partial charge >= 0.3 is 5.97 Å². The number of ketones is 1. The SMILES string of the molecule is CC(=O)NCc1ccc(C(=O)COC(=O)C[C@@H]2Sc3ccccc3NC2=O)s1. The number of Topliss-reactive ketones (excluding diaryl/α,β-unsaturated/α-hetero) is 1. The van der Waals surface area contributed by atoms with Gasteiger partial charge in [-0.15, -0.1) is 23.1 Å². The van der Waals surface area contributed by atoms with Gasteiger partial charge in [-0.05, 0) is 24.3 Å². The normalized spacial score (nSPS) is 15.3. The van der Waals surface area contributed by atoms with Crippen molar-refractivity contribution in [2.75, 3.05) is 11.9 Å². The van der Waals surface area contributed by atoms with E-state index in [0.29, 0.717) is 11.4 Å². The van der Waals surface area contributed by atoms with E-state index in [0.717, 1.165) is 15.5 Å². The molecule has 0 radical (unpaired) electrons. The van der Waals surface area contributed by atoms with E-state index in [-0.39, 0.29) is 30.6 Å². The number of nitrogens with one attached hydrogen (secondary N) is 2. The molecule has 2 aromatic rings. The van der Waals surface area contributed by atoms with Crippen molar-refractivity contribution in [3.05, 3.63) is 46.2 Å². The number of thiophene rings is 1. The maximum absolute atomic E-state index is 12.2. The first-order chi connectivity index (χ1) is 13.4. The van der Waals surface area contributed by atoms with Crippen LogP contribution in [0.2, 0.25) is 0 Å². The molecule has 0 aliphatic carbocycles. The van der Waals surface area contributed by atoms with Crippen LogP contribution in [0.4, 0.5) is 5.69 Å². The molecule has 1 aliphatic rings. The Morgan fingerprint density at radius 3 is 2.75 bits per heavy atom. The van der Waals surface area contributed by atoms with Crippen molar-refractivity contribution in [1.82, 2.24) is 5.32 Å². The van der Waals surface area contributed by atoms with Crippen LogP contribution in [0.5, 0.6) is 0 Å². The van der Waals surface area contributed by atoms with Gasteiger partial charge in [-0.1, -0.05) is 12.1 Å². The fraction of sp³-hybridized carbons (Fsp3) is 0.263. The molecule has 9 heteroatoms. The minimum absolute atomic E-state index is 0.115. The van der Waals surface area contributed by atoms with Gasteiger partial charge in [-0.3, -0.25) is 19.2 Å². The summed E-state index contributed by atoms with van der Waals surface area (Å²) in [7, 11) is 0. The molecule has 2 heterocycles. The average Bonchev–Trinajstić information content (AvgIpc) is 3.14. The van der Waals surface area contributed by atoms with E-state index < -0.39 is 11.2 Å². The molecule has 0 spiro atoms. The number of ether oxygens (including phenoxy) is 1. The lowest BCUT2D eigenvalue weighted by Gasteiger charge is -2.23. The summed E-state index contributed by atoms with van der Waals surface area (Å²) in [6, 6.07) is 10.7. The zero-order valence-electron chi connectivity index (χ0n) is 15.0. The monoisotopic (exact) mass is 418 g/mol. The Kier molecular flexibility index (Phi) is 6.48. The van der Waals surface area contributed by atoms with Gasteiger partial charge in [0, 0.05) is 16.7 Å². The lowest BCUT2D eigenvalue weighted by Crippen LogP contribution is -2.31. The molecule has 3 rings (SSSR count). The number of thioether (sulfide) groups is 1. The van der Waals surface area contributed by atoms with Gasteiger partial charge in [-0.2, -0.15) is 0 Å². The molecule has 0 unspecified atom stereocenters. The highest BCUT2D eigenvalue weighted by atomic mass is 32.2. The number of fused-ring (bicyclic) bond motifs is 1. The minimum Gasteiger partial charge on any atom is -0.457 e. The molecule has 1 aromatic carbocycles. The third kappa shape index (κ3) is 5.20. The molecule has 7 nitrogen and oxygen atoms in total. The van der Waals surface area contributed by atoms with Crippen LogP contribution in [0.15, 0.2) is 41.3 Å². The smallest absolute Gasteiger partial charge is 0.307 e. The van der Waals surface area contributed by atoms with E-state index in [2.05, 4.69) is 10.6 Å². The first-order valence-corrected chi connectivity index (χ1v) is 10.2. The zero-order valence-corrected chi connectivity index (χ0v) is 16.7. The molecule has 2 amide bonds. The summed E-state index contributed by atoms with van der Waals surface area (Å²) < 4.78 is 5.06. The summed E-state index contributed by atoms with van der Waals surface area (Å²) in [6.07, 6.45) is -0.115. The number of carbonyl (C=O) groups excluding carboxylic acids is 4. The number of amides is 2. The van der Waals surface area contributed by atoms with Crippen molar-refractivity contribution >= 4 is 52.4 Å². The highest BCUT2D eigenvalue weighted by Crippen LogP contribution is 2.36. The molecule has 0 saturated heterocycles. The number of para-hydroxylation sites is 1. The predicted octanol–water partition coefficient (Wildman–Crippen LogP) is 2.61. The van der Waals surface area contributed by atoms with Crippen LogP contribution >= 0.6 is 23.1 Å². The lowest BCUT2D eigenvalue weighted by atomic mass is 10.2. The van der Waals surface area contributed by atoms with Crippen molar-refractivity contribution in [2.45, 2.75) is 30.0 Å². The van der Waals surface area contributed by atoms with E-state index in [4.69, 9.17) is 4.74 Å². The van der Waals surface area contributed by atoms with Crippen LogP contribution in [-0.2, 0) is 25.7 Å². The van der Waals surface area contributed by atoms with Crippen molar-refractivity contribution in [3.8, 4) is 0 Å². The summed E-state index contributed by atoms with van der Waals surface area (Å²) in [4.78, 5) is 49.5. The number of hydrogen-bond donors (Lipinski definition) is 2. The van der Waals surface area contributed by atoms with E-state index in [9.17, 15) is 19.2 Å². The van der Waals surface area contributed by atoms with E-state index in [1.807, 2.05) is 18.2 Å². The predicted molar refractivity (Wildman–Crippen MR) is 106 cm³/mol. The van der Waals surface area contributed by atoms with Crippen molar-refractivity contribution in [3.63, 3.8) is 0 Å². The molecule has 1 aliphatic heterocycles. The van der Waals surface area contributed by atoms with Crippen LogP contribution in [-0.4, -0.2) is 35.4 Å². The van der Waals surface area contributed by atoms with Gasteiger partial charge in [0.05, 0.1) is 28.8 Å². The van der Waals surface area contributed by atoms with Crippen LogP contribution in [0, 0.1) is 0 Å².